The quantitative estimate of drug-likeness (QED) is 0.460. The summed E-state index contributed by atoms with van der Waals surface area (Å²) < 4.78 is 25.2. The highest BCUT2D eigenvalue weighted by Gasteiger charge is 2.25. The Balaban J connectivity index is 3.88. The lowest BCUT2D eigenvalue weighted by Gasteiger charge is -2.25. The summed E-state index contributed by atoms with van der Waals surface area (Å²) in [6, 6.07) is 0. The van der Waals surface area contributed by atoms with Crippen molar-refractivity contribution in [1.29, 1.82) is 0 Å². The maximum atomic E-state index is 10.2. The van der Waals surface area contributed by atoms with Gasteiger partial charge in [-0.3, -0.25) is 9.09 Å². The van der Waals surface area contributed by atoms with Gasteiger partial charge in [-0.15, -0.1) is 0 Å². The minimum absolute atomic E-state index is 0.468. The summed E-state index contributed by atoms with van der Waals surface area (Å²) in [6.07, 6.45) is 0. The van der Waals surface area contributed by atoms with Crippen molar-refractivity contribution in [3.05, 3.63) is 0 Å². The fourth-order valence-electron chi connectivity index (χ4n) is 0.721. The molecular weight excluding hydrogens is 167 g/mol. The molecule has 0 aromatic rings. The third-order valence-corrected chi connectivity index (χ3v) is 1.60. The van der Waals surface area contributed by atoms with Crippen LogP contribution in [0, 0.1) is 0 Å². The molecule has 0 heterocycles. The smallest absolute Gasteiger partial charge is 0.285 e. The highest BCUT2D eigenvalue weighted by Crippen LogP contribution is 2.19. The third kappa shape index (κ3) is 4.53. The van der Waals surface area contributed by atoms with E-state index in [9.17, 15) is 4.57 Å². The molecule has 68 valence electrons. The predicted molar refractivity (Wildman–Crippen MR) is 43.1 cm³/mol. The summed E-state index contributed by atoms with van der Waals surface area (Å²) in [6.45, 7) is 6.18. The predicted octanol–water partition coefficient (Wildman–Crippen LogP) is 1.42. The molecule has 0 spiro atoms. The molecular formula is C6H15O4P. The first kappa shape index (κ1) is 11.1. The van der Waals surface area contributed by atoms with Gasteiger partial charge in [-0.2, -0.15) is 0 Å². The standard InChI is InChI=1S/C6H15O4P/c1-4-8-6(3,9-5-2)10-11-7/h4-5,11H2,1-3H3. The number of ether oxygens (including phenoxy) is 2. The lowest BCUT2D eigenvalue weighted by molar-refractivity contribution is -0.325. The molecule has 4 nitrogen and oxygen atoms in total. The first-order chi connectivity index (χ1) is 5.18. The van der Waals surface area contributed by atoms with Crippen LogP contribution in [0.1, 0.15) is 20.8 Å². The van der Waals surface area contributed by atoms with Crippen molar-refractivity contribution in [3.8, 4) is 0 Å². The van der Waals surface area contributed by atoms with Gasteiger partial charge in [-0.25, -0.2) is 0 Å². The van der Waals surface area contributed by atoms with Crippen LogP contribution < -0.4 is 0 Å². The van der Waals surface area contributed by atoms with Gasteiger partial charge in [-0.05, 0) is 13.8 Å². The normalized spacial score (nSPS) is 13.0. The second kappa shape index (κ2) is 5.72. The molecule has 11 heavy (non-hydrogen) atoms. The van der Waals surface area contributed by atoms with Gasteiger partial charge in [0.2, 0.25) is 0 Å². The average molecular weight is 182 g/mol. The van der Waals surface area contributed by atoms with Crippen molar-refractivity contribution in [2.75, 3.05) is 13.2 Å². The van der Waals surface area contributed by atoms with Crippen molar-refractivity contribution in [1.82, 2.24) is 0 Å². The molecule has 1 atom stereocenters. The molecule has 1 unspecified atom stereocenters. The SMILES string of the molecule is CCOC(C)(OCC)O[PH2]=O. The number of hydrogen-bond acceptors (Lipinski definition) is 4. The van der Waals surface area contributed by atoms with E-state index in [1.807, 2.05) is 13.8 Å². The molecule has 0 rings (SSSR count). The summed E-state index contributed by atoms with van der Waals surface area (Å²) in [5.41, 5.74) is 0. The Labute approximate surface area is 68.1 Å². The van der Waals surface area contributed by atoms with Gasteiger partial charge in [0.15, 0.2) is 8.69 Å². The summed E-state index contributed by atoms with van der Waals surface area (Å²) >= 11 is 0. The number of rotatable bonds is 6. The minimum atomic E-state index is -1.30. The molecule has 0 radical (unpaired) electrons. The van der Waals surface area contributed by atoms with Crippen molar-refractivity contribution >= 4 is 8.69 Å². The Morgan fingerprint density at radius 3 is 2.00 bits per heavy atom. The largest absolute Gasteiger partial charge is 0.328 e. The van der Waals surface area contributed by atoms with Gasteiger partial charge in [0.1, 0.15) is 0 Å². The molecule has 0 aromatic heterocycles. The van der Waals surface area contributed by atoms with Crippen LogP contribution in [0.15, 0.2) is 0 Å². The molecule has 0 aliphatic carbocycles. The zero-order valence-corrected chi connectivity index (χ0v) is 8.28. The molecule has 0 saturated carbocycles. The summed E-state index contributed by atoms with van der Waals surface area (Å²) in [5.74, 6) is -1.12. The fourth-order valence-corrected chi connectivity index (χ4v) is 1.03. The Morgan fingerprint density at radius 1 is 1.27 bits per heavy atom. The van der Waals surface area contributed by atoms with Crippen LogP contribution >= 0.6 is 8.69 Å². The molecule has 0 amide bonds. The lowest BCUT2D eigenvalue weighted by atomic mass is 10.6. The van der Waals surface area contributed by atoms with Crippen LogP contribution in [-0.2, 0) is 18.6 Å². The van der Waals surface area contributed by atoms with E-state index in [0.717, 1.165) is 0 Å². The van der Waals surface area contributed by atoms with E-state index in [-0.39, 0.29) is 0 Å². The van der Waals surface area contributed by atoms with Crippen LogP contribution in [0.2, 0.25) is 0 Å². The van der Waals surface area contributed by atoms with E-state index < -0.39 is 14.7 Å². The highest BCUT2D eigenvalue weighted by atomic mass is 31.1. The van der Waals surface area contributed by atoms with Crippen LogP contribution in [0.5, 0.6) is 0 Å². The summed E-state index contributed by atoms with van der Waals surface area (Å²) in [7, 11) is -1.30. The first-order valence-electron chi connectivity index (χ1n) is 3.58. The molecule has 0 saturated heterocycles. The van der Waals surface area contributed by atoms with Crippen LogP contribution in [0.25, 0.3) is 0 Å². The van der Waals surface area contributed by atoms with Crippen LogP contribution in [0.4, 0.5) is 0 Å². The van der Waals surface area contributed by atoms with Crippen LogP contribution in [0.3, 0.4) is 0 Å². The van der Waals surface area contributed by atoms with Gasteiger partial charge in [0.25, 0.3) is 5.97 Å². The second-order valence-electron chi connectivity index (χ2n) is 1.94. The van der Waals surface area contributed by atoms with Crippen LogP contribution in [-0.4, -0.2) is 19.2 Å². The van der Waals surface area contributed by atoms with E-state index in [1.165, 1.54) is 0 Å². The van der Waals surface area contributed by atoms with Gasteiger partial charge in [0, 0.05) is 20.1 Å². The van der Waals surface area contributed by atoms with Gasteiger partial charge in [-0.1, -0.05) is 0 Å². The Bertz CT molecular complexity index is 111. The Hall–Kier alpha value is 0.110. The molecule has 0 aliphatic rings. The maximum Gasteiger partial charge on any atom is 0.285 e. The van der Waals surface area contributed by atoms with Gasteiger partial charge < -0.3 is 9.47 Å². The fraction of sp³-hybridized carbons (Fsp3) is 1.00. The van der Waals surface area contributed by atoms with Crippen molar-refractivity contribution in [2.24, 2.45) is 0 Å². The van der Waals surface area contributed by atoms with E-state index in [0.29, 0.717) is 13.2 Å². The topological polar surface area (TPSA) is 44.8 Å². The van der Waals surface area contributed by atoms with Gasteiger partial charge in [0.05, 0.1) is 0 Å². The lowest BCUT2D eigenvalue weighted by Crippen LogP contribution is -2.32. The summed E-state index contributed by atoms with van der Waals surface area (Å²) in [5, 5.41) is 0. The third-order valence-electron chi connectivity index (χ3n) is 1.08. The monoisotopic (exact) mass is 182 g/mol. The zero-order chi connectivity index (χ0) is 8.74. The van der Waals surface area contributed by atoms with Crippen molar-refractivity contribution in [2.45, 2.75) is 26.7 Å². The molecule has 0 aliphatic heterocycles. The minimum Gasteiger partial charge on any atom is -0.328 e. The molecule has 5 heteroatoms. The summed E-state index contributed by atoms with van der Waals surface area (Å²) in [4.78, 5) is 0. The number of hydrogen-bond donors (Lipinski definition) is 0. The molecule has 0 aromatic carbocycles. The van der Waals surface area contributed by atoms with E-state index >= 15 is 0 Å². The highest BCUT2D eigenvalue weighted by molar-refractivity contribution is 7.17. The second-order valence-corrected chi connectivity index (χ2v) is 2.37. The Morgan fingerprint density at radius 2 is 1.73 bits per heavy atom. The Kier molecular flexibility index (Phi) is 5.78. The van der Waals surface area contributed by atoms with Crippen molar-refractivity contribution in [3.63, 3.8) is 0 Å². The average Bonchev–Trinajstić information content (AvgIpc) is 1.88. The van der Waals surface area contributed by atoms with E-state index in [4.69, 9.17) is 14.0 Å². The molecule has 0 bridgehead atoms. The van der Waals surface area contributed by atoms with E-state index in [1.54, 1.807) is 6.92 Å². The molecule has 0 fully saturated rings. The van der Waals surface area contributed by atoms with E-state index in [2.05, 4.69) is 0 Å². The van der Waals surface area contributed by atoms with Gasteiger partial charge >= 0.3 is 0 Å². The maximum absolute atomic E-state index is 10.2. The van der Waals surface area contributed by atoms with Crippen molar-refractivity contribution < 1.29 is 18.6 Å². The first-order valence-corrected chi connectivity index (χ1v) is 4.52. The molecule has 0 N–H and O–H groups in total. The zero-order valence-electron chi connectivity index (χ0n) is 7.12.